The van der Waals surface area contributed by atoms with Crippen molar-refractivity contribution in [3.63, 3.8) is 0 Å². The van der Waals surface area contributed by atoms with Gasteiger partial charge in [0.1, 0.15) is 31.0 Å². The summed E-state index contributed by atoms with van der Waals surface area (Å²) in [6.45, 7) is 7.34. The Morgan fingerprint density at radius 3 is 1.91 bits per heavy atom. The van der Waals surface area contributed by atoms with Crippen molar-refractivity contribution in [3.8, 4) is 29.0 Å². The zero-order valence-corrected chi connectivity index (χ0v) is 59.9. The maximum absolute atomic E-state index is 14.5. The van der Waals surface area contributed by atoms with Gasteiger partial charge in [-0.3, -0.25) is 67.5 Å². The minimum Gasteiger partial charge on any atom is -0.489 e. The molecule has 3 aliphatic heterocycles. The Kier molecular flexibility index (Phi) is 27.3. The number of anilines is 1. The van der Waals surface area contributed by atoms with Gasteiger partial charge >= 0.3 is 23.9 Å². The number of benzene rings is 2. The van der Waals surface area contributed by atoms with Crippen molar-refractivity contribution in [3.05, 3.63) is 104 Å². The number of nitrogens with one attached hydrogen (secondary N) is 5. The average Bonchev–Trinajstić information content (AvgIpc) is 1.53. The Morgan fingerprint density at radius 2 is 1.34 bits per heavy atom. The van der Waals surface area contributed by atoms with Gasteiger partial charge in [-0.05, 0) is 85.2 Å². The van der Waals surface area contributed by atoms with Crippen molar-refractivity contribution in [1.82, 2.24) is 65.3 Å². The molecule has 0 aliphatic carbocycles. The number of likely N-dealkylation sites (N-methyl/N-ethyl adjacent to an activating group) is 1. The van der Waals surface area contributed by atoms with E-state index in [1.54, 1.807) is 88.4 Å². The Hall–Kier alpha value is -10.3. The van der Waals surface area contributed by atoms with Gasteiger partial charge in [-0.15, -0.1) is 0 Å². The second-order valence-electron chi connectivity index (χ2n) is 26.1. The highest BCUT2D eigenvalue weighted by Gasteiger charge is 2.46. The fourth-order valence-corrected chi connectivity index (χ4v) is 12.7. The molecule has 6 heterocycles. The topological polar surface area (TPSA) is 441 Å². The van der Waals surface area contributed by atoms with Crippen LogP contribution in [0.15, 0.2) is 64.8 Å². The molecular weight excluding hydrogens is 1370 g/mol. The van der Waals surface area contributed by atoms with Crippen LogP contribution in [0.25, 0.3) is 22.3 Å². The van der Waals surface area contributed by atoms with Crippen LogP contribution in [0.5, 0.6) is 5.75 Å². The second-order valence-corrected chi connectivity index (χ2v) is 28.0. The van der Waals surface area contributed by atoms with Crippen molar-refractivity contribution in [2.75, 3.05) is 110 Å². The van der Waals surface area contributed by atoms with Gasteiger partial charge in [0, 0.05) is 120 Å². The summed E-state index contributed by atoms with van der Waals surface area (Å²) >= 11 is 0. The highest BCUT2D eigenvalue weighted by Crippen LogP contribution is 2.41. The molecule has 5 aromatic rings. The third-order valence-corrected chi connectivity index (χ3v) is 18.9. The highest BCUT2D eigenvalue weighted by molar-refractivity contribution is 7.90. The minimum atomic E-state index is -3.57. The van der Waals surface area contributed by atoms with E-state index >= 15 is 0 Å². The van der Waals surface area contributed by atoms with E-state index in [0.29, 0.717) is 58.6 Å². The molecule has 558 valence electrons. The summed E-state index contributed by atoms with van der Waals surface area (Å²) < 4.78 is 36.5. The number of sulfone groups is 1. The molecule has 0 spiro atoms. The molecule has 3 atom stereocenters. The Bertz CT molecular complexity index is 4320. The first-order valence-electron chi connectivity index (χ1n) is 33.9. The molecule has 0 radical (unpaired) electrons. The van der Waals surface area contributed by atoms with Gasteiger partial charge in [-0.2, -0.15) is 0 Å². The zero-order chi connectivity index (χ0) is 75.7. The summed E-state index contributed by atoms with van der Waals surface area (Å²) in [5.74, 6) is -2.21. The van der Waals surface area contributed by atoms with E-state index in [4.69, 9.17) is 14.5 Å². The van der Waals surface area contributed by atoms with Gasteiger partial charge in [0.05, 0.1) is 73.8 Å². The van der Waals surface area contributed by atoms with E-state index in [1.165, 1.54) is 24.2 Å². The number of hydrogen-bond acceptors (Lipinski definition) is 23. The van der Waals surface area contributed by atoms with Crippen LogP contribution in [-0.4, -0.2) is 249 Å². The molecular formula is C70H88N14O19S. The average molecular weight is 1460 g/mol. The van der Waals surface area contributed by atoms with Gasteiger partial charge in [0.25, 0.3) is 5.56 Å². The van der Waals surface area contributed by atoms with Crippen LogP contribution in [0.2, 0.25) is 0 Å². The maximum atomic E-state index is 14.5. The number of esters is 1. The number of carboxylic acids is 3. The molecule has 3 aliphatic rings. The van der Waals surface area contributed by atoms with Crippen LogP contribution in [0.1, 0.15) is 99.2 Å². The molecule has 9 N–H and O–H groups in total. The van der Waals surface area contributed by atoms with E-state index in [-0.39, 0.29) is 146 Å². The maximum Gasteiger partial charge on any atom is 0.343 e. The number of pyridine rings is 2. The standard InChI is InChI=1S/C70H88N14O19S/c1-8-49-50-28-48(17-18-54(50)77-64-51(49)35-84-55(64)29-53-52(67(84)97)41-103-68(98)70(53,99)9-2)102-40-45-15-16-47(27-46(45)34-79(6)59(88)36-80-19-21-81(37-60(89)90)23-25-83(39-62(93)94)26-24-82(22-20-80)38-61(91)92)76-65(95)43(5)75-66(96)63(42(3)4)78-58(87)33-72-57(86)32-71-56(85)14-12-10-11-13-44-30-73-69(74-31-44)104(7,100)101/h15-18,27-31,42-43,63,99H,8-10,12,14,19-26,32-41H2,1-7H3,(H,71,85)(H,72,86)(H,75,96)(H,76,95)(H,78,87)(H,89,90)(H,91,92)(H,93,94)/t43-,63-,70-/m0/s1. The summed E-state index contributed by atoms with van der Waals surface area (Å²) in [5.41, 5.74) is 3.01. The van der Waals surface area contributed by atoms with Gasteiger partial charge in [0.2, 0.25) is 50.4 Å². The molecule has 6 amide bonds. The lowest BCUT2D eigenvalue weighted by Gasteiger charge is -2.33. The smallest absolute Gasteiger partial charge is 0.343 e. The van der Waals surface area contributed by atoms with Crippen molar-refractivity contribution >= 4 is 85.7 Å². The number of carboxylic acid groups (broad SMARTS) is 3. The van der Waals surface area contributed by atoms with Crippen LogP contribution in [0, 0.1) is 17.8 Å². The molecule has 33 nitrogen and oxygen atoms in total. The molecule has 0 saturated carbocycles. The third-order valence-electron chi connectivity index (χ3n) is 18.0. The van der Waals surface area contributed by atoms with Gasteiger partial charge in [0.15, 0.2) is 5.60 Å². The molecule has 0 bridgehead atoms. The number of cyclic esters (lactones) is 1. The van der Waals surface area contributed by atoms with Crippen molar-refractivity contribution in [2.45, 2.75) is 116 Å². The Labute approximate surface area is 599 Å². The normalized spacial score (nSPS) is 16.5. The summed E-state index contributed by atoms with van der Waals surface area (Å²) in [6.07, 6.45) is 4.71. The summed E-state index contributed by atoms with van der Waals surface area (Å²) in [7, 11) is -1.99. The lowest BCUT2D eigenvalue weighted by molar-refractivity contribution is -0.172. The first-order chi connectivity index (χ1) is 49.3. The number of hydrogen-bond donors (Lipinski definition) is 9. The molecule has 1 saturated heterocycles. The Balaban J connectivity index is 0.947. The molecule has 3 aromatic heterocycles. The first kappa shape index (κ1) is 79.4. The number of amides is 6. The number of aryl methyl sites for hydroxylation is 1. The largest absolute Gasteiger partial charge is 0.489 e. The molecule has 1 fully saturated rings. The van der Waals surface area contributed by atoms with Gasteiger partial charge in [-0.25, -0.2) is 28.2 Å². The number of carbonyl (C=O) groups is 10. The third kappa shape index (κ3) is 21.2. The predicted octanol–water partition coefficient (Wildman–Crippen LogP) is -0.113. The molecule has 0 unspecified atom stereocenters. The predicted molar refractivity (Wildman–Crippen MR) is 375 cm³/mol. The quantitative estimate of drug-likeness (QED) is 0.0128. The minimum absolute atomic E-state index is 0.0133. The number of aliphatic carboxylic acids is 3. The number of aromatic nitrogens is 4. The van der Waals surface area contributed by atoms with E-state index in [0.717, 1.165) is 22.8 Å². The zero-order valence-electron chi connectivity index (χ0n) is 59.0. The summed E-state index contributed by atoms with van der Waals surface area (Å²) in [6, 6.07) is 9.62. The van der Waals surface area contributed by atoms with E-state index in [1.807, 2.05) is 13.0 Å². The van der Waals surface area contributed by atoms with Crippen LogP contribution < -0.4 is 36.9 Å². The van der Waals surface area contributed by atoms with E-state index in [2.05, 4.69) is 48.4 Å². The molecule has 2 aromatic carbocycles. The molecule has 34 heteroatoms. The van der Waals surface area contributed by atoms with E-state index in [9.17, 15) is 81.6 Å². The number of nitrogens with zero attached hydrogens (tertiary/aromatic N) is 9. The Morgan fingerprint density at radius 1 is 0.740 bits per heavy atom. The highest BCUT2D eigenvalue weighted by atomic mass is 32.2. The van der Waals surface area contributed by atoms with Crippen LogP contribution in [-0.2, 0) is 101 Å². The van der Waals surface area contributed by atoms with Crippen molar-refractivity contribution < 1.29 is 86.3 Å². The van der Waals surface area contributed by atoms with Crippen molar-refractivity contribution in [2.24, 2.45) is 5.92 Å². The van der Waals surface area contributed by atoms with Crippen LogP contribution >= 0.6 is 0 Å². The lowest BCUT2D eigenvalue weighted by Crippen LogP contribution is -2.55. The second kappa shape index (κ2) is 35.7. The number of rotatable bonds is 29. The molecule has 8 rings (SSSR count). The van der Waals surface area contributed by atoms with Gasteiger partial charge < -0.3 is 66.0 Å². The van der Waals surface area contributed by atoms with Crippen molar-refractivity contribution in [1.29, 1.82) is 0 Å². The number of fused-ring (bicyclic) bond motifs is 5. The number of carbonyl (C=O) groups excluding carboxylic acids is 7. The summed E-state index contributed by atoms with van der Waals surface area (Å²) in [5, 5.41) is 54.0. The summed E-state index contributed by atoms with van der Waals surface area (Å²) in [4.78, 5) is 164. The SMILES string of the molecule is CCc1c2c(nc3ccc(OCc4ccc(NC(=O)[C@H](C)NC(=O)[C@@H](NC(=O)CNC(=O)CNC(=O)CCCC#Cc5cnc(S(C)(=O)=O)nc5)C(C)C)cc4CN(C)C(=O)CN4CCN(CC(=O)O)CCN(CC(=O)O)CCN(CC(=O)O)CC4)cc13)-c1cc3c(c(=O)n1C2)COC(=O)[C@]3(O)CC. The van der Waals surface area contributed by atoms with E-state index < -0.39 is 106 Å². The number of ether oxygens (including phenoxy) is 2. The van der Waals surface area contributed by atoms with Crippen LogP contribution in [0.3, 0.4) is 0 Å². The lowest BCUT2D eigenvalue weighted by atomic mass is 9.86. The monoisotopic (exact) mass is 1460 g/mol. The van der Waals surface area contributed by atoms with Crippen LogP contribution in [0.4, 0.5) is 5.69 Å². The molecule has 104 heavy (non-hydrogen) atoms. The number of aliphatic hydroxyl groups is 1. The fourth-order valence-electron chi connectivity index (χ4n) is 12.2. The fraction of sp³-hybridized carbons (Fsp3) is 0.486. The number of unbranched alkanes of at least 4 members (excludes halogenated alkanes) is 1. The first-order valence-corrected chi connectivity index (χ1v) is 35.8. The van der Waals surface area contributed by atoms with Gasteiger partial charge in [-0.1, -0.05) is 45.6 Å².